The number of hydrogen-bond acceptors (Lipinski definition) is 2. The van der Waals surface area contributed by atoms with Crippen LogP contribution in [0.3, 0.4) is 0 Å². The molecule has 5 heteroatoms. The number of hydrogen-bond donors (Lipinski definition) is 1. The van der Waals surface area contributed by atoms with E-state index in [1.807, 2.05) is 19.1 Å². The van der Waals surface area contributed by atoms with E-state index in [0.717, 1.165) is 37.7 Å². The van der Waals surface area contributed by atoms with Gasteiger partial charge in [-0.15, -0.1) is 11.6 Å². The molecule has 1 aromatic carbocycles. The van der Waals surface area contributed by atoms with Crippen LogP contribution in [0.2, 0.25) is 0 Å². The summed E-state index contributed by atoms with van der Waals surface area (Å²) in [6.45, 7) is 1.94. The van der Waals surface area contributed by atoms with Gasteiger partial charge in [0.2, 0.25) is 10.0 Å². The van der Waals surface area contributed by atoms with Crippen LogP contribution in [0.25, 0.3) is 0 Å². The maximum atomic E-state index is 12.4. The van der Waals surface area contributed by atoms with Crippen LogP contribution in [0.5, 0.6) is 0 Å². The zero-order valence-electron chi connectivity index (χ0n) is 11.2. The van der Waals surface area contributed by atoms with Crippen LogP contribution in [-0.4, -0.2) is 19.8 Å². The van der Waals surface area contributed by atoms with E-state index in [2.05, 4.69) is 4.72 Å². The Hall–Kier alpha value is -0.580. The quantitative estimate of drug-likeness (QED) is 0.868. The molecule has 1 fully saturated rings. The molecular weight excluding hydrogens is 282 g/mol. The van der Waals surface area contributed by atoms with E-state index < -0.39 is 15.6 Å². The van der Waals surface area contributed by atoms with Crippen molar-refractivity contribution in [3.8, 4) is 0 Å². The molecule has 1 N–H and O–H groups in total. The first-order valence-corrected chi connectivity index (χ1v) is 8.66. The van der Waals surface area contributed by atoms with E-state index in [9.17, 15) is 8.42 Å². The second-order valence-electron chi connectivity index (χ2n) is 5.39. The van der Waals surface area contributed by atoms with Gasteiger partial charge in [0, 0.05) is 11.4 Å². The average Bonchev–Trinajstić information content (AvgIpc) is 2.40. The predicted molar refractivity (Wildman–Crippen MR) is 78.0 cm³/mol. The molecular formula is C14H20ClNO2S. The normalized spacial score (nSPS) is 19.3. The first-order chi connectivity index (χ1) is 8.97. The molecule has 1 aliphatic carbocycles. The monoisotopic (exact) mass is 301 g/mol. The van der Waals surface area contributed by atoms with Crippen molar-refractivity contribution in [1.82, 2.24) is 4.72 Å². The number of benzene rings is 1. The van der Waals surface area contributed by atoms with E-state index in [1.165, 1.54) is 0 Å². The number of nitrogens with one attached hydrogen (secondary N) is 1. The van der Waals surface area contributed by atoms with Gasteiger partial charge in [-0.1, -0.05) is 37.0 Å². The van der Waals surface area contributed by atoms with Gasteiger partial charge in [0.05, 0.1) is 4.90 Å². The molecule has 0 atom stereocenters. The van der Waals surface area contributed by atoms with Crippen LogP contribution in [0.4, 0.5) is 0 Å². The van der Waals surface area contributed by atoms with Crippen LogP contribution >= 0.6 is 11.6 Å². The first kappa shape index (κ1) is 14.8. The summed E-state index contributed by atoms with van der Waals surface area (Å²) in [6.07, 6.45) is 4.86. The highest BCUT2D eigenvalue weighted by Gasteiger charge is 2.35. The highest BCUT2D eigenvalue weighted by Crippen LogP contribution is 2.31. The van der Waals surface area contributed by atoms with Gasteiger partial charge in [-0.05, 0) is 31.9 Å². The standard InChI is InChI=1S/C14H20ClNO2S/c1-12-5-7-13(8-6-12)19(17,18)16-14(11-15)9-3-2-4-10-14/h5-8,16H,2-4,9-11H2,1H3. The first-order valence-electron chi connectivity index (χ1n) is 6.64. The van der Waals surface area contributed by atoms with Crippen molar-refractivity contribution in [1.29, 1.82) is 0 Å². The Bertz CT molecular complexity index is 519. The Morgan fingerprint density at radius 1 is 1.16 bits per heavy atom. The maximum Gasteiger partial charge on any atom is 0.241 e. The topological polar surface area (TPSA) is 46.2 Å². The van der Waals surface area contributed by atoms with E-state index in [4.69, 9.17) is 11.6 Å². The van der Waals surface area contributed by atoms with E-state index >= 15 is 0 Å². The minimum atomic E-state index is -3.48. The van der Waals surface area contributed by atoms with Crippen molar-refractivity contribution >= 4 is 21.6 Å². The molecule has 1 aromatic rings. The summed E-state index contributed by atoms with van der Waals surface area (Å²) in [5, 5.41) is 0. The number of rotatable bonds is 4. The van der Waals surface area contributed by atoms with Crippen LogP contribution in [0.15, 0.2) is 29.2 Å². The van der Waals surface area contributed by atoms with E-state index in [0.29, 0.717) is 10.8 Å². The molecule has 0 spiro atoms. The molecule has 0 aromatic heterocycles. The smallest absolute Gasteiger partial charge is 0.207 e. The fourth-order valence-corrected chi connectivity index (χ4v) is 4.42. The highest BCUT2D eigenvalue weighted by atomic mass is 35.5. The summed E-state index contributed by atoms with van der Waals surface area (Å²) in [4.78, 5) is 0.313. The molecule has 0 amide bonds. The van der Waals surface area contributed by atoms with Gasteiger partial charge >= 0.3 is 0 Å². The fraction of sp³-hybridized carbons (Fsp3) is 0.571. The van der Waals surface area contributed by atoms with Gasteiger partial charge in [-0.3, -0.25) is 0 Å². The summed E-state index contributed by atoms with van der Waals surface area (Å²) < 4.78 is 27.6. The SMILES string of the molecule is Cc1ccc(S(=O)(=O)NC2(CCl)CCCCC2)cc1. The Kier molecular flexibility index (Phi) is 4.54. The van der Waals surface area contributed by atoms with E-state index in [1.54, 1.807) is 12.1 Å². The average molecular weight is 302 g/mol. The molecule has 0 heterocycles. The lowest BCUT2D eigenvalue weighted by Crippen LogP contribution is -2.51. The molecule has 2 rings (SSSR count). The van der Waals surface area contributed by atoms with E-state index in [-0.39, 0.29) is 0 Å². The van der Waals surface area contributed by atoms with Crippen LogP contribution in [0, 0.1) is 6.92 Å². The van der Waals surface area contributed by atoms with Crippen LogP contribution < -0.4 is 4.72 Å². The van der Waals surface area contributed by atoms with Crippen molar-refractivity contribution in [3.63, 3.8) is 0 Å². The molecule has 0 aliphatic heterocycles. The molecule has 1 saturated carbocycles. The minimum Gasteiger partial charge on any atom is -0.207 e. The van der Waals surface area contributed by atoms with Crippen molar-refractivity contribution in [2.45, 2.75) is 49.5 Å². The Labute approximate surface area is 120 Å². The van der Waals surface area contributed by atoms with Gasteiger partial charge in [-0.25, -0.2) is 13.1 Å². The number of alkyl halides is 1. The third-order valence-electron chi connectivity index (χ3n) is 3.75. The molecule has 0 saturated heterocycles. The Morgan fingerprint density at radius 3 is 2.26 bits per heavy atom. The Balaban J connectivity index is 2.22. The summed E-state index contributed by atoms with van der Waals surface area (Å²) in [7, 11) is -3.48. The molecule has 19 heavy (non-hydrogen) atoms. The third kappa shape index (κ3) is 3.50. The second-order valence-corrected chi connectivity index (χ2v) is 7.34. The molecule has 0 bridgehead atoms. The van der Waals surface area contributed by atoms with Crippen molar-refractivity contribution in [2.24, 2.45) is 0 Å². The Morgan fingerprint density at radius 2 is 1.74 bits per heavy atom. The third-order valence-corrected chi connectivity index (χ3v) is 5.85. The van der Waals surface area contributed by atoms with Crippen LogP contribution in [-0.2, 0) is 10.0 Å². The number of sulfonamides is 1. The number of aryl methyl sites for hydroxylation is 1. The zero-order chi connectivity index (χ0) is 13.9. The lowest BCUT2D eigenvalue weighted by atomic mass is 9.84. The van der Waals surface area contributed by atoms with Gasteiger partial charge in [0.1, 0.15) is 0 Å². The van der Waals surface area contributed by atoms with Gasteiger partial charge in [0.15, 0.2) is 0 Å². The largest absolute Gasteiger partial charge is 0.241 e. The summed E-state index contributed by atoms with van der Waals surface area (Å²) in [6, 6.07) is 6.90. The summed E-state index contributed by atoms with van der Waals surface area (Å²) in [5.74, 6) is 0.331. The fourth-order valence-electron chi connectivity index (χ4n) is 2.55. The predicted octanol–water partition coefficient (Wildman–Crippen LogP) is 3.22. The van der Waals surface area contributed by atoms with Gasteiger partial charge < -0.3 is 0 Å². The molecule has 3 nitrogen and oxygen atoms in total. The van der Waals surface area contributed by atoms with Crippen molar-refractivity contribution < 1.29 is 8.42 Å². The van der Waals surface area contributed by atoms with Crippen molar-refractivity contribution in [3.05, 3.63) is 29.8 Å². The highest BCUT2D eigenvalue weighted by molar-refractivity contribution is 7.89. The van der Waals surface area contributed by atoms with Crippen molar-refractivity contribution in [2.75, 3.05) is 5.88 Å². The molecule has 106 valence electrons. The zero-order valence-corrected chi connectivity index (χ0v) is 12.7. The summed E-state index contributed by atoms with van der Waals surface area (Å²) in [5.41, 5.74) is 0.576. The molecule has 0 radical (unpaired) electrons. The second kappa shape index (κ2) is 5.81. The summed E-state index contributed by atoms with van der Waals surface area (Å²) >= 11 is 6.03. The minimum absolute atomic E-state index is 0.313. The lowest BCUT2D eigenvalue weighted by Gasteiger charge is -2.36. The molecule has 1 aliphatic rings. The molecule has 0 unspecified atom stereocenters. The van der Waals surface area contributed by atoms with Gasteiger partial charge in [0.25, 0.3) is 0 Å². The lowest BCUT2D eigenvalue weighted by molar-refractivity contribution is 0.298. The maximum absolute atomic E-state index is 12.4. The van der Waals surface area contributed by atoms with Gasteiger partial charge in [-0.2, -0.15) is 0 Å². The van der Waals surface area contributed by atoms with Crippen LogP contribution in [0.1, 0.15) is 37.7 Å². The number of halogens is 1.